The van der Waals surface area contributed by atoms with E-state index in [1.165, 1.54) is 27.8 Å². The summed E-state index contributed by atoms with van der Waals surface area (Å²) in [5.41, 5.74) is 6.65. The summed E-state index contributed by atoms with van der Waals surface area (Å²) in [7, 11) is 0. The Kier molecular flexibility index (Phi) is 5.22. The van der Waals surface area contributed by atoms with Gasteiger partial charge >= 0.3 is 0 Å². The second-order valence-electron chi connectivity index (χ2n) is 6.24. The van der Waals surface area contributed by atoms with Crippen molar-refractivity contribution in [2.75, 3.05) is 0 Å². The molecule has 1 nitrogen and oxygen atoms in total. The maximum atomic E-state index is 12.8. The predicted octanol–water partition coefficient (Wildman–Crippen LogP) is 6.07. The fourth-order valence-electron chi connectivity index (χ4n) is 3.61. The van der Waals surface area contributed by atoms with Gasteiger partial charge in [0.25, 0.3) is 0 Å². The van der Waals surface area contributed by atoms with Gasteiger partial charge in [0.05, 0.1) is 4.91 Å². The van der Waals surface area contributed by atoms with E-state index in [4.69, 9.17) is 0 Å². The zero-order valence-electron chi connectivity index (χ0n) is 14.0. The average molecular weight is 324 g/mol. The standard InChI is InChI=1S/C21H24OS/c1-3-8-15(9-4-2)20-17-11-6-5-10-16(17)14-19(22)21-18(20)12-7-13-23-21/h5-7,10-11,13H,3-4,8-9,12,14H2,1-2H3. The third-order valence-corrected chi connectivity index (χ3v) is 5.57. The molecule has 23 heavy (non-hydrogen) atoms. The average Bonchev–Trinajstić information content (AvgIpc) is 2.69. The Morgan fingerprint density at radius 1 is 1.13 bits per heavy atom. The van der Waals surface area contributed by atoms with Crippen molar-refractivity contribution >= 4 is 23.1 Å². The molecule has 0 radical (unpaired) electrons. The third kappa shape index (κ3) is 3.23. The zero-order chi connectivity index (χ0) is 16.2. The minimum Gasteiger partial charge on any atom is -0.293 e. The summed E-state index contributed by atoms with van der Waals surface area (Å²) in [6.45, 7) is 4.49. The monoisotopic (exact) mass is 324 g/mol. The lowest BCUT2D eigenvalue weighted by Crippen LogP contribution is -2.05. The van der Waals surface area contributed by atoms with Crippen LogP contribution in [0.5, 0.6) is 0 Å². The highest BCUT2D eigenvalue weighted by molar-refractivity contribution is 8.06. The predicted molar refractivity (Wildman–Crippen MR) is 100 cm³/mol. The number of hydrogen-bond donors (Lipinski definition) is 0. The van der Waals surface area contributed by atoms with E-state index < -0.39 is 0 Å². The Labute approximate surface area is 143 Å². The van der Waals surface area contributed by atoms with Gasteiger partial charge in [-0.2, -0.15) is 0 Å². The fourth-order valence-corrected chi connectivity index (χ4v) is 4.47. The molecule has 1 aromatic carbocycles. The van der Waals surface area contributed by atoms with E-state index >= 15 is 0 Å². The molecule has 3 rings (SSSR count). The van der Waals surface area contributed by atoms with E-state index in [-0.39, 0.29) is 5.78 Å². The summed E-state index contributed by atoms with van der Waals surface area (Å²) >= 11 is 1.61. The molecule has 0 bridgehead atoms. The lowest BCUT2D eigenvalue weighted by molar-refractivity contribution is -0.114. The van der Waals surface area contributed by atoms with Gasteiger partial charge in [0.1, 0.15) is 0 Å². The van der Waals surface area contributed by atoms with Gasteiger partial charge in [-0.05, 0) is 46.9 Å². The maximum absolute atomic E-state index is 12.8. The van der Waals surface area contributed by atoms with Crippen molar-refractivity contribution in [2.24, 2.45) is 0 Å². The molecule has 0 amide bonds. The number of allylic oxidation sites excluding steroid dienone is 5. The summed E-state index contributed by atoms with van der Waals surface area (Å²) in [5, 5.41) is 2.07. The first kappa shape index (κ1) is 16.3. The summed E-state index contributed by atoms with van der Waals surface area (Å²) in [6, 6.07) is 8.50. The molecule has 0 saturated heterocycles. The third-order valence-electron chi connectivity index (χ3n) is 4.53. The van der Waals surface area contributed by atoms with E-state index in [0.717, 1.165) is 37.0 Å². The Morgan fingerprint density at radius 3 is 2.61 bits per heavy atom. The molecule has 0 N–H and O–H groups in total. The van der Waals surface area contributed by atoms with Crippen LogP contribution in [0.25, 0.3) is 5.57 Å². The van der Waals surface area contributed by atoms with E-state index in [1.807, 2.05) is 0 Å². The van der Waals surface area contributed by atoms with E-state index in [1.54, 1.807) is 11.8 Å². The summed E-state index contributed by atoms with van der Waals surface area (Å²) in [5.74, 6) is 0.282. The van der Waals surface area contributed by atoms with Crippen LogP contribution < -0.4 is 0 Å². The quantitative estimate of drug-likeness (QED) is 0.668. The van der Waals surface area contributed by atoms with Crippen LogP contribution >= 0.6 is 11.8 Å². The van der Waals surface area contributed by atoms with Crippen LogP contribution in [0.4, 0.5) is 0 Å². The summed E-state index contributed by atoms with van der Waals surface area (Å²) < 4.78 is 0. The van der Waals surface area contributed by atoms with Crippen LogP contribution in [-0.4, -0.2) is 5.78 Å². The normalized spacial score (nSPS) is 17.0. The SMILES string of the molecule is CCCC(CCC)=C1C2=C(SC=CC2)C(=O)Cc2ccccc21. The van der Waals surface area contributed by atoms with Crippen molar-refractivity contribution in [3.8, 4) is 0 Å². The second kappa shape index (κ2) is 7.35. The number of carbonyl (C=O) groups is 1. The summed E-state index contributed by atoms with van der Waals surface area (Å²) in [4.78, 5) is 13.7. The van der Waals surface area contributed by atoms with Crippen LogP contribution in [0, 0.1) is 0 Å². The number of hydrogen-bond acceptors (Lipinski definition) is 2. The highest BCUT2D eigenvalue weighted by atomic mass is 32.2. The lowest BCUT2D eigenvalue weighted by Gasteiger charge is -2.21. The Morgan fingerprint density at radius 2 is 1.87 bits per heavy atom. The first-order valence-corrected chi connectivity index (χ1v) is 9.52. The molecule has 0 spiro atoms. The van der Waals surface area contributed by atoms with Crippen molar-refractivity contribution in [1.82, 2.24) is 0 Å². The molecular weight excluding hydrogens is 300 g/mol. The van der Waals surface area contributed by atoms with Gasteiger partial charge in [-0.25, -0.2) is 0 Å². The first-order chi connectivity index (χ1) is 11.3. The van der Waals surface area contributed by atoms with E-state index in [9.17, 15) is 4.79 Å². The minimum absolute atomic E-state index is 0.282. The minimum atomic E-state index is 0.282. The molecule has 0 saturated carbocycles. The molecule has 0 unspecified atom stereocenters. The van der Waals surface area contributed by atoms with Crippen molar-refractivity contribution in [3.05, 3.63) is 62.9 Å². The molecule has 2 aliphatic rings. The van der Waals surface area contributed by atoms with Crippen LogP contribution in [0.15, 0.2) is 51.8 Å². The Hall–Kier alpha value is -1.54. The summed E-state index contributed by atoms with van der Waals surface area (Å²) in [6.07, 6.45) is 8.16. The Balaban J connectivity index is 2.27. The van der Waals surface area contributed by atoms with Gasteiger partial charge in [0, 0.05) is 6.42 Å². The van der Waals surface area contributed by atoms with Crippen LogP contribution in [-0.2, 0) is 11.2 Å². The number of ketones is 1. The molecule has 1 aliphatic carbocycles. The number of fused-ring (bicyclic) bond motifs is 1. The molecule has 1 aliphatic heterocycles. The maximum Gasteiger partial charge on any atom is 0.174 e. The van der Waals surface area contributed by atoms with E-state index in [0.29, 0.717) is 6.42 Å². The topological polar surface area (TPSA) is 17.1 Å². The molecule has 2 heteroatoms. The molecule has 0 fully saturated rings. The van der Waals surface area contributed by atoms with Crippen molar-refractivity contribution in [1.29, 1.82) is 0 Å². The van der Waals surface area contributed by atoms with Gasteiger partial charge in [-0.15, -0.1) is 0 Å². The van der Waals surface area contributed by atoms with Crippen LogP contribution in [0.2, 0.25) is 0 Å². The molecular formula is C21H24OS. The van der Waals surface area contributed by atoms with Gasteiger partial charge < -0.3 is 0 Å². The lowest BCUT2D eigenvalue weighted by atomic mass is 9.86. The molecule has 1 heterocycles. The van der Waals surface area contributed by atoms with Gasteiger partial charge in [0.2, 0.25) is 0 Å². The smallest absolute Gasteiger partial charge is 0.174 e. The number of carbonyl (C=O) groups excluding carboxylic acids is 1. The highest BCUT2D eigenvalue weighted by Crippen LogP contribution is 2.44. The molecule has 1 aromatic rings. The van der Waals surface area contributed by atoms with Crippen molar-refractivity contribution in [2.45, 2.75) is 52.4 Å². The van der Waals surface area contributed by atoms with Gasteiger partial charge in [0.15, 0.2) is 5.78 Å². The number of thioether (sulfide) groups is 1. The van der Waals surface area contributed by atoms with Crippen LogP contribution in [0.3, 0.4) is 0 Å². The fraction of sp³-hybridized carbons (Fsp3) is 0.381. The molecule has 0 atom stereocenters. The number of benzene rings is 1. The molecule has 120 valence electrons. The van der Waals surface area contributed by atoms with Gasteiger partial charge in [-0.1, -0.05) is 74.4 Å². The molecule has 0 aromatic heterocycles. The number of rotatable bonds is 4. The number of Topliss-reactive ketones (excluding diaryl/α,β-unsaturated/α-hetero) is 1. The highest BCUT2D eigenvalue weighted by Gasteiger charge is 2.28. The van der Waals surface area contributed by atoms with Crippen molar-refractivity contribution < 1.29 is 4.79 Å². The van der Waals surface area contributed by atoms with Crippen molar-refractivity contribution in [3.63, 3.8) is 0 Å². The van der Waals surface area contributed by atoms with Gasteiger partial charge in [-0.3, -0.25) is 4.79 Å². The first-order valence-electron chi connectivity index (χ1n) is 8.64. The second-order valence-corrected chi connectivity index (χ2v) is 7.15. The zero-order valence-corrected chi connectivity index (χ0v) is 14.8. The largest absolute Gasteiger partial charge is 0.293 e. The van der Waals surface area contributed by atoms with E-state index in [2.05, 4.69) is 49.6 Å². The Bertz CT molecular complexity index is 698. The van der Waals surface area contributed by atoms with Crippen LogP contribution in [0.1, 0.15) is 57.1 Å².